The Kier molecular flexibility index (Phi) is 8.14. The van der Waals surface area contributed by atoms with Crippen LogP contribution in [0.4, 0.5) is 4.39 Å². The van der Waals surface area contributed by atoms with Gasteiger partial charge in [0.1, 0.15) is 18.2 Å². The molecule has 2 aliphatic heterocycles. The maximum Gasteiger partial charge on any atom is 0.123 e. The Morgan fingerprint density at radius 1 is 1.00 bits per heavy atom. The van der Waals surface area contributed by atoms with Crippen LogP contribution in [0.1, 0.15) is 17.2 Å². The molecule has 28 heavy (non-hydrogen) atoms. The van der Waals surface area contributed by atoms with E-state index in [9.17, 15) is 4.39 Å². The van der Waals surface area contributed by atoms with Crippen molar-refractivity contribution in [3.8, 4) is 5.75 Å². The summed E-state index contributed by atoms with van der Waals surface area (Å²) in [5.74, 6) is 1.93. The van der Waals surface area contributed by atoms with Gasteiger partial charge in [-0.05, 0) is 61.2 Å². The second-order valence-corrected chi connectivity index (χ2v) is 7.73. The second-order valence-electron chi connectivity index (χ2n) is 7.73. The van der Waals surface area contributed by atoms with Crippen molar-refractivity contribution in [3.05, 3.63) is 65.5 Å². The molecule has 3 atom stereocenters. The third-order valence-corrected chi connectivity index (χ3v) is 5.97. The number of aryl methyl sites for hydroxylation is 1. The normalized spacial score (nSPS) is 24.3. The molecular formula is C22H29Cl2FN2O. The number of hydrogen-bond acceptors (Lipinski definition) is 3. The molecule has 3 nitrogen and oxygen atoms in total. The highest BCUT2D eigenvalue weighted by molar-refractivity contribution is 5.85. The Morgan fingerprint density at radius 2 is 1.71 bits per heavy atom. The molecule has 0 aromatic heterocycles. The maximum absolute atomic E-state index is 13.0. The van der Waals surface area contributed by atoms with E-state index in [4.69, 9.17) is 4.74 Å². The molecule has 0 radical (unpaired) electrons. The fraction of sp³-hybridized carbons (Fsp3) is 0.455. The lowest BCUT2D eigenvalue weighted by Crippen LogP contribution is -2.31. The van der Waals surface area contributed by atoms with Crippen LogP contribution in [0.15, 0.2) is 48.5 Å². The van der Waals surface area contributed by atoms with E-state index < -0.39 is 0 Å². The zero-order chi connectivity index (χ0) is 18.1. The van der Waals surface area contributed by atoms with Gasteiger partial charge >= 0.3 is 0 Å². The predicted molar refractivity (Wildman–Crippen MR) is 116 cm³/mol. The third-order valence-electron chi connectivity index (χ3n) is 5.97. The third kappa shape index (κ3) is 4.80. The van der Waals surface area contributed by atoms with Crippen LogP contribution in [-0.2, 0) is 0 Å². The van der Waals surface area contributed by atoms with Gasteiger partial charge in [0.2, 0.25) is 0 Å². The molecule has 0 amide bonds. The molecule has 2 aromatic rings. The minimum Gasteiger partial charge on any atom is -0.492 e. The lowest BCUT2D eigenvalue weighted by Gasteiger charge is -2.28. The minimum absolute atomic E-state index is 0. The zero-order valence-corrected chi connectivity index (χ0v) is 18.0. The molecule has 2 heterocycles. The number of halogens is 3. The SMILES string of the molecule is Cc1ccccc1[C@@H]1[C@@H]2CN(CCOc3ccc(F)cc3)C[C@@H]2CN1C.Cl.Cl. The lowest BCUT2D eigenvalue weighted by molar-refractivity contribution is 0.198. The van der Waals surface area contributed by atoms with Gasteiger partial charge in [-0.15, -0.1) is 24.8 Å². The number of benzene rings is 2. The van der Waals surface area contributed by atoms with Gasteiger partial charge in [0.05, 0.1) is 0 Å². The quantitative estimate of drug-likeness (QED) is 0.694. The smallest absolute Gasteiger partial charge is 0.123 e. The van der Waals surface area contributed by atoms with Crippen LogP contribution >= 0.6 is 24.8 Å². The monoisotopic (exact) mass is 426 g/mol. The highest BCUT2D eigenvalue weighted by Crippen LogP contribution is 2.44. The van der Waals surface area contributed by atoms with Gasteiger partial charge in [-0.3, -0.25) is 9.80 Å². The number of ether oxygens (including phenoxy) is 1. The average molecular weight is 427 g/mol. The predicted octanol–water partition coefficient (Wildman–Crippen LogP) is 4.59. The van der Waals surface area contributed by atoms with Crippen LogP contribution in [0, 0.1) is 24.6 Å². The Balaban J connectivity index is 0.00000140. The highest BCUT2D eigenvalue weighted by Gasteiger charge is 2.46. The van der Waals surface area contributed by atoms with Crippen LogP contribution in [-0.4, -0.2) is 49.6 Å². The number of hydrogen-bond donors (Lipinski definition) is 0. The van der Waals surface area contributed by atoms with E-state index in [0.29, 0.717) is 18.6 Å². The molecule has 0 saturated carbocycles. The molecule has 2 saturated heterocycles. The first-order valence-electron chi connectivity index (χ1n) is 9.48. The molecule has 0 aliphatic carbocycles. The molecule has 6 heteroatoms. The summed E-state index contributed by atoms with van der Waals surface area (Å²) in [6.07, 6.45) is 0. The van der Waals surface area contributed by atoms with Crippen LogP contribution in [0.5, 0.6) is 5.75 Å². The van der Waals surface area contributed by atoms with Crippen molar-refractivity contribution < 1.29 is 9.13 Å². The molecule has 2 fully saturated rings. The summed E-state index contributed by atoms with van der Waals surface area (Å²) < 4.78 is 18.7. The van der Waals surface area contributed by atoms with E-state index in [1.54, 1.807) is 12.1 Å². The van der Waals surface area contributed by atoms with Gasteiger partial charge < -0.3 is 4.74 Å². The van der Waals surface area contributed by atoms with Crippen LogP contribution < -0.4 is 4.74 Å². The Bertz CT molecular complexity index is 758. The van der Waals surface area contributed by atoms with E-state index in [-0.39, 0.29) is 30.6 Å². The first kappa shape index (κ1) is 23.0. The number of fused-ring (bicyclic) bond motifs is 1. The molecule has 154 valence electrons. The van der Waals surface area contributed by atoms with E-state index >= 15 is 0 Å². The van der Waals surface area contributed by atoms with Crippen LogP contribution in [0.25, 0.3) is 0 Å². The molecule has 0 N–H and O–H groups in total. The van der Waals surface area contributed by atoms with Gasteiger partial charge in [-0.2, -0.15) is 0 Å². The summed E-state index contributed by atoms with van der Waals surface area (Å²) in [6, 6.07) is 15.6. The first-order chi connectivity index (χ1) is 12.6. The first-order valence-corrected chi connectivity index (χ1v) is 9.48. The van der Waals surface area contributed by atoms with E-state index in [0.717, 1.165) is 31.3 Å². The molecule has 0 spiro atoms. The van der Waals surface area contributed by atoms with Crippen molar-refractivity contribution in [1.29, 1.82) is 0 Å². The fourth-order valence-electron chi connectivity index (χ4n) is 4.74. The number of nitrogens with zero attached hydrogens (tertiary/aromatic N) is 2. The zero-order valence-electron chi connectivity index (χ0n) is 16.4. The van der Waals surface area contributed by atoms with Crippen molar-refractivity contribution in [2.45, 2.75) is 13.0 Å². The van der Waals surface area contributed by atoms with E-state index in [2.05, 4.69) is 48.0 Å². The van der Waals surface area contributed by atoms with Crippen molar-refractivity contribution in [2.24, 2.45) is 11.8 Å². The molecule has 0 bridgehead atoms. The van der Waals surface area contributed by atoms with Gasteiger partial charge in [0.15, 0.2) is 0 Å². The number of rotatable bonds is 5. The van der Waals surface area contributed by atoms with E-state index in [1.807, 2.05) is 0 Å². The van der Waals surface area contributed by atoms with Gasteiger partial charge in [0, 0.05) is 32.2 Å². The Hall–Kier alpha value is -1.33. The molecule has 2 aromatic carbocycles. The van der Waals surface area contributed by atoms with Crippen molar-refractivity contribution in [3.63, 3.8) is 0 Å². The fourth-order valence-corrected chi connectivity index (χ4v) is 4.74. The van der Waals surface area contributed by atoms with Crippen molar-refractivity contribution in [2.75, 3.05) is 39.8 Å². The highest BCUT2D eigenvalue weighted by atomic mass is 35.5. The average Bonchev–Trinajstić information content (AvgIpc) is 3.13. The maximum atomic E-state index is 13.0. The lowest BCUT2D eigenvalue weighted by atomic mass is 9.88. The summed E-state index contributed by atoms with van der Waals surface area (Å²) in [4.78, 5) is 5.06. The second kappa shape index (κ2) is 9.93. The Labute approximate surface area is 179 Å². The van der Waals surface area contributed by atoms with E-state index in [1.165, 1.54) is 29.8 Å². The number of likely N-dealkylation sites (tertiary alicyclic amines) is 2. The van der Waals surface area contributed by atoms with Gasteiger partial charge in [0.25, 0.3) is 0 Å². The van der Waals surface area contributed by atoms with Crippen molar-refractivity contribution in [1.82, 2.24) is 9.80 Å². The topological polar surface area (TPSA) is 15.7 Å². The van der Waals surface area contributed by atoms with Gasteiger partial charge in [-0.1, -0.05) is 24.3 Å². The summed E-state index contributed by atoms with van der Waals surface area (Å²) in [5, 5.41) is 0. The minimum atomic E-state index is -0.226. The van der Waals surface area contributed by atoms with Crippen LogP contribution in [0.2, 0.25) is 0 Å². The summed E-state index contributed by atoms with van der Waals surface area (Å²) in [7, 11) is 2.26. The van der Waals surface area contributed by atoms with Crippen LogP contribution in [0.3, 0.4) is 0 Å². The Morgan fingerprint density at radius 3 is 2.43 bits per heavy atom. The van der Waals surface area contributed by atoms with Crippen molar-refractivity contribution >= 4 is 24.8 Å². The summed E-state index contributed by atoms with van der Waals surface area (Å²) in [6.45, 7) is 7.23. The molecule has 2 aliphatic rings. The molecular weight excluding hydrogens is 398 g/mol. The summed E-state index contributed by atoms with van der Waals surface area (Å²) >= 11 is 0. The summed E-state index contributed by atoms with van der Waals surface area (Å²) in [5.41, 5.74) is 2.87. The van der Waals surface area contributed by atoms with Gasteiger partial charge in [-0.25, -0.2) is 4.39 Å². The molecule has 0 unspecified atom stereocenters. The largest absolute Gasteiger partial charge is 0.492 e. The molecule has 4 rings (SSSR count). The standard InChI is InChI=1S/C22H27FN2O.2ClH/c1-16-5-3-4-6-20(16)22-21-15-25(14-17(21)13-24(22)2)11-12-26-19-9-7-18(23)8-10-19;;/h3-10,17,21-22H,11-15H2,1-2H3;2*1H/t17-,21+,22+;;/m0../s1.